The molecule has 0 saturated heterocycles. The standard InChI is InChI=1S/C16H17F5N2OS/c1-9-3-10(2)13(25(24)8-16(19,20)21)5-12(9)4-11-6-22-15(14(17)18)23-7-11/h3,5-6,11,14H,4,7-8H2,1-2H3. The summed E-state index contributed by atoms with van der Waals surface area (Å²) >= 11 is 0. The van der Waals surface area contributed by atoms with E-state index in [1.165, 1.54) is 12.3 Å². The average molecular weight is 380 g/mol. The molecule has 3 nitrogen and oxygen atoms in total. The molecule has 0 aromatic heterocycles. The molecule has 0 amide bonds. The van der Waals surface area contributed by atoms with E-state index in [1.54, 1.807) is 19.9 Å². The highest BCUT2D eigenvalue weighted by atomic mass is 32.2. The molecule has 1 aromatic carbocycles. The smallest absolute Gasteiger partial charge is 0.265 e. The van der Waals surface area contributed by atoms with Gasteiger partial charge in [0.2, 0.25) is 0 Å². The third-order valence-corrected chi connectivity index (χ3v) is 5.28. The lowest BCUT2D eigenvalue weighted by molar-refractivity contribution is -0.105. The molecule has 9 heteroatoms. The summed E-state index contributed by atoms with van der Waals surface area (Å²) in [6.45, 7) is 3.55. The van der Waals surface area contributed by atoms with E-state index in [4.69, 9.17) is 0 Å². The molecule has 0 bridgehead atoms. The van der Waals surface area contributed by atoms with Gasteiger partial charge in [0, 0.05) is 23.6 Å². The van der Waals surface area contributed by atoms with Crippen LogP contribution < -0.4 is 0 Å². The van der Waals surface area contributed by atoms with Crippen molar-refractivity contribution in [1.29, 1.82) is 0 Å². The van der Waals surface area contributed by atoms with Crippen LogP contribution in [-0.2, 0) is 17.2 Å². The summed E-state index contributed by atoms with van der Waals surface area (Å²) in [7, 11) is -2.19. The molecule has 25 heavy (non-hydrogen) atoms. The second-order valence-electron chi connectivity index (χ2n) is 5.89. The summed E-state index contributed by atoms with van der Waals surface area (Å²) in [4.78, 5) is 7.49. The van der Waals surface area contributed by atoms with Gasteiger partial charge in [-0.25, -0.2) is 13.8 Å². The minimum Gasteiger partial charge on any atom is -0.265 e. The lowest BCUT2D eigenvalue weighted by Gasteiger charge is -2.18. The highest BCUT2D eigenvalue weighted by Gasteiger charge is 2.31. The minimum absolute atomic E-state index is 0.136. The Bertz CT molecular complexity index is 728. The summed E-state index contributed by atoms with van der Waals surface area (Å²) in [5.41, 5.74) is 2.07. The van der Waals surface area contributed by atoms with Crippen molar-refractivity contribution < 1.29 is 26.2 Å². The number of amidine groups is 1. The van der Waals surface area contributed by atoms with Crippen molar-refractivity contribution in [2.24, 2.45) is 15.9 Å². The van der Waals surface area contributed by atoms with Crippen molar-refractivity contribution in [2.45, 2.75) is 37.8 Å². The van der Waals surface area contributed by atoms with Crippen LogP contribution in [0.3, 0.4) is 0 Å². The number of rotatable bonds is 5. The first-order valence-electron chi connectivity index (χ1n) is 7.48. The summed E-state index contributed by atoms with van der Waals surface area (Å²) < 4.78 is 74.5. The number of alkyl halides is 5. The molecule has 2 rings (SSSR count). The van der Waals surface area contributed by atoms with Crippen molar-refractivity contribution in [1.82, 2.24) is 0 Å². The Labute approximate surface area is 144 Å². The number of hydrogen-bond acceptors (Lipinski definition) is 3. The molecular weight excluding hydrogens is 363 g/mol. The van der Waals surface area contributed by atoms with E-state index in [-0.39, 0.29) is 17.4 Å². The maximum atomic E-state index is 12.5. The Hall–Kier alpha value is -1.64. The van der Waals surface area contributed by atoms with Gasteiger partial charge in [-0.05, 0) is 43.0 Å². The van der Waals surface area contributed by atoms with Crippen molar-refractivity contribution in [2.75, 3.05) is 12.3 Å². The van der Waals surface area contributed by atoms with Gasteiger partial charge in [-0.2, -0.15) is 13.2 Å². The summed E-state index contributed by atoms with van der Waals surface area (Å²) in [6.07, 6.45) is -5.47. The van der Waals surface area contributed by atoms with Crippen LogP contribution in [0.25, 0.3) is 0 Å². The van der Waals surface area contributed by atoms with E-state index in [0.29, 0.717) is 17.5 Å². The normalized spacial score (nSPS) is 19.2. The molecule has 0 radical (unpaired) electrons. The molecular formula is C16H17F5N2OS. The third kappa shape index (κ3) is 5.42. The molecule has 1 aliphatic rings. The Kier molecular flexibility index (Phi) is 6.08. The van der Waals surface area contributed by atoms with Crippen LogP contribution in [0.2, 0.25) is 0 Å². The van der Waals surface area contributed by atoms with E-state index < -0.39 is 35.0 Å². The Balaban J connectivity index is 2.18. The maximum Gasteiger partial charge on any atom is 0.400 e. The molecule has 2 unspecified atom stereocenters. The maximum absolute atomic E-state index is 12.5. The first-order chi connectivity index (χ1) is 11.6. The molecule has 0 saturated carbocycles. The highest BCUT2D eigenvalue weighted by Crippen LogP contribution is 2.26. The van der Waals surface area contributed by atoms with Crippen molar-refractivity contribution in [3.8, 4) is 0 Å². The van der Waals surface area contributed by atoms with Crippen LogP contribution in [0.1, 0.15) is 16.7 Å². The number of hydrogen-bond donors (Lipinski definition) is 0. The molecule has 1 heterocycles. The van der Waals surface area contributed by atoms with Gasteiger partial charge in [-0.3, -0.25) is 9.20 Å². The Morgan fingerprint density at radius 3 is 2.44 bits per heavy atom. The highest BCUT2D eigenvalue weighted by molar-refractivity contribution is 7.85. The van der Waals surface area contributed by atoms with Gasteiger partial charge in [-0.1, -0.05) is 6.07 Å². The van der Waals surface area contributed by atoms with Crippen LogP contribution in [0.15, 0.2) is 27.0 Å². The van der Waals surface area contributed by atoms with Gasteiger partial charge >= 0.3 is 6.18 Å². The second kappa shape index (κ2) is 7.72. The lowest BCUT2D eigenvalue weighted by atomic mass is 9.95. The summed E-state index contributed by atoms with van der Waals surface area (Å²) in [6, 6.07) is 3.19. The minimum atomic E-state index is -4.52. The van der Waals surface area contributed by atoms with Crippen molar-refractivity contribution >= 4 is 22.8 Å². The van der Waals surface area contributed by atoms with Crippen LogP contribution >= 0.6 is 0 Å². The zero-order chi connectivity index (χ0) is 18.8. The fraction of sp³-hybridized carbons (Fsp3) is 0.500. The van der Waals surface area contributed by atoms with Gasteiger partial charge < -0.3 is 0 Å². The van der Waals surface area contributed by atoms with Crippen molar-refractivity contribution in [3.05, 3.63) is 28.8 Å². The summed E-state index contributed by atoms with van der Waals surface area (Å²) in [5, 5.41) is 0. The molecule has 0 fully saturated rings. The molecule has 1 aliphatic heterocycles. The number of halogens is 5. The van der Waals surface area contributed by atoms with Gasteiger partial charge in [-0.15, -0.1) is 0 Å². The molecule has 0 aliphatic carbocycles. The van der Waals surface area contributed by atoms with E-state index in [2.05, 4.69) is 9.98 Å². The molecule has 0 spiro atoms. The van der Waals surface area contributed by atoms with E-state index in [9.17, 15) is 26.2 Å². The third-order valence-electron chi connectivity index (χ3n) is 3.76. The first kappa shape index (κ1) is 19.7. The molecule has 2 atom stereocenters. The largest absolute Gasteiger partial charge is 0.400 e. The summed E-state index contributed by atoms with van der Waals surface area (Å²) in [5.74, 6) is -2.14. The molecule has 1 aromatic rings. The van der Waals surface area contributed by atoms with Gasteiger partial charge in [0.15, 0.2) is 5.84 Å². The predicted octanol–water partition coefficient (Wildman–Crippen LogP) is 3.88. The molecule has 138 valence electrons. The number of benzene rings is 1. The zero-order valence-corrected chi connectivity index (χ0v) is 14.4. The number of aryl methyl sites for hydroxylation is 2. The quantitative estimate of drug-likeness (QED) is 0.715. The van der Waals surface area contributed by atoms with Crippen LogP contribution in [0, 0.1) is 19.8 Å². The SMILES string of the molecule is Cc1cc(C)c(S(=O)CC(F)(F)F)cc1CC1C=NC(C(F)F)=NC1. The monoisotopic (exact) mass is 380 g/mol. The van der Waals surface area contributed by atoms with Crippen LogP contribution in [-0.4, -0.2) is 41.2 Å². The van der Waals surface area contributed by atoms with Gasteiger partial charge in [0.05, 0.1) is 10.8 Å². The fourth-order valence-electron chi connectivity index (χ4n) is 2.57. The van der Waals surface area contributed by atoms with E-state index in [1.807, 2.05) is 0 Å². The van der Waals surface area contributed by atoms with Crippen molar-refractivity contribution in [3.63, 3.8) is 0 Å². The molecule has 0 N–H and O–H groups in total. The van der Waals surface area contributed by atoms with Gasteiger partial charge in [0.1, 0.15) is 5.75 Å². The average Bonchev–Trinajstić information content (AvgIpc) is 2.48. The Morgan fingerprint density at radius 1 is 1.24 bits per heavy atom. The zero-order valence-electron chi connectivity index (χ0n) is 13.6. The number of aliphatic imine (C=N–C) groups is 2. The van der Waals surface area contributed by atoms with E-state index >= 15 is 0 Å². The van der Waals surface area contributed by atoms with E-state index in [0.717, 1.165) is 5.56 Å². The van der Waals surface area contributed by atoms with Crippen LogP contribution in [0.4, 0.5) is 22.0 Å². The van der Waals surface area contributed by atoms with Crippen LogP contribution in [0.5, 0.6) is 0 Å². The lowest BCUT2D eigenvalue weighted by Crippen LogP contribution is -2.21. The Morgan fingerprint density at radius 2 is 1.92 bits per heavy atom. The predicted molar refractivity (Wildman–Crippen MR) is 87.2 cm³/mol. The fourth-order valence-corrected chi connectivity index (χ4v) is 3.72. The second-order valence-corrected chi connectivity index (χ2v) is 7.31. The topological polar surface area (TPSA) is 41.8 Å². The number of nitrogens with zero attached hydrogens (tertiary/aromatic N) is 2. The van der Waals surface area contributed by atoms with Gasteiger partial charge in [0.25, 0.3) is 6.43 Å². The first-order valence-corrected chi connectivity index (χ1v) is 8.80.